The quantitative estimate of drug-likeness (QED) is 0.900. The third-order valence-corrected chi connectivity index (χ3v) is 6.21. The summed E-state index contributed by atoms with van der Waals surface area (Å²) in [6.45, 7) is 0.946. The predicted octanol–water partition coefficient (Wildman–Crippen LogP) is 1.42. The van der Waals surface area contributed by atoms with E-state index in [0.717, 1.165) is 6.26 Å². The minimum absolute atomic E-state index is 0.0418. The summed E-state index contributed by atoms with van der Waals surface area (Å²) in [5, 5.41) is 9.10. The second kappa shape index (κ2) is 5.33. The molecule has 7 heteroatoms. The van der Waals surface area contributed by atoms with E-state index in [2.05, 4.69) is 0 Å². The van der Waals surface area contributed by atoms with E-state index in [1.807, 2.05) is 0 Å². The largest absolute Gasteiger partial charge is 0.481 e. The van der Waals surface area contributed by atoms with Crippen molar-refractivity contribution >= 4 is 21.7 Å². The average molecular weight is 337 g/mol. The molecule has 1 aliphatic carbocycles. The first kappa shape index (κ1) is 16.0. The number of piperidine rings is 1. The van der Waals surface area contributed by atoms with Gasteiger partial charge in [0.15, 0.2) is 9.84 Å². The van der Waals surface area contributed by atoms with Gasteiger partial charge in [0.1, 0.15) is 0 Å². The monoisotopic (exact) mass is 337 g/mol. The number of aliphatic carboxylic acids is 1. The maximum Gasteiger partial charge on any atom is 0.307 e. The van der Waals surface area contributed by atoms with Crippen LogP contribution in [0.3, 0.4) is 0 Å². The Labute approximate surface area is 135 Å². The number of hydrogen-bond donors (Lipinski definition) is 1. The molecule has 1 aromatic carbocycles. The third-order valence-electron chi connectivity index (χ3n) is 5.05. The summed E-state index contributed by atoms with van der Waals surface area (Å²) in [4.78, 5) is 25.4. The number of sulfone groups is 1. The van der Waals surface area contributed by atoms with Crippen molar-refractivity contribution in [3.05, 3.63) is 29.8 Å². The maximum absolute atomic E-state index is 12.7. The van der Waals surface area contributed by atoms with Gasteiger partial charge in [-0.05, 0) is 36.8 Å². The van der Waals surface area contributed by atoms with E-state index in [0.29, 0.717) is 32.4 Å². The van der Waals surface area contributed by atoms with Gasteiger partial charge in [-0.2, -0.15) is 0 Å². The number of carboxylic acid groups (broad SMARTS) is 1. The zero-order chi connectivity index (χ0) is 16.8. The highest BCUT2D eigenvalue weighted by Crippen LogP contribution is 2.59. The van der Waals surface area contributed by atoms with E-state index in [4.69, 9.17) is 5.11 Å². The fraction of sp³-hybridized carbons (Fsp3) is 0.500. The lowest BCUT2D eigenvalue weighted by molar-refractivity contribution is -0.139. The molecule has 1 atom stereocenters. The normalized spacial score (nSPS) is 22.8. The summed E-state index contributed by atoms with van der Waals surface area (Å²) >= 11 is 0. The molecule has 1 aromatic rings. The van der Waals surface area contributed by atoms with Gasteiger partial charge >= 0.3 is 5.97 Å². The van der Waals surface area contributed by atoms with Crippen LogP contribution in [0.15, 0.2) is 29.2 Å². The lowest BCUT2D eigenvalue weighted by Gasteiger charge is -2.33. The van der Waals surface area contributed by atoms with Crippen LogP contribution >= 0.6 is 0 Å². The minimum atomic E-state index is -3.47. The predicted molar refractivity (Wildman–Crippen MR) is 82.9 cm³/mol. The first-order valence-corrected chi connectivity index (χ1v) is 9.45. The van der Waals surface area contributed by atoms with Crippen molar-refractivity contribution in [1.82, 2.24) is 4.90 Å². The van der Waals surface area contributed by atoms with Gasteiger partial charge in [-0.1, -0.05) is 12.1 Å². The van der Waals surface area contributed by atoms with Gasteiger partial charge in [-0.15, -0.1) is 0 Å². The summed E-state index contributed by atoms with van der Waals surface area (Å²) in [6, 6.07) is 6.21. The number of hydrogen-bond acceptors (Lipinski definition) is 4. The second-order valence-electron chi connectivity index (χ2n) is 6.52. The van der Waals surface area contributed by atoms with E-state index >= 15 is 0 Å². The Hall–Kier alpha value is -1.89. The van der Waals surface area contributed by atoms with Crippen molar-refractivity contribution in [2.24, 2.45) is 11.3 Å². The van der Waals surface area contributed by atoms with Gasteiger partial charge in [0.25, 0.3) is 5.91 Å². The molecule has 1 saturated heterocycles. The van der Waals surface area contributed by atoms with Crippen molar-refractivity contribution in [2.45, 2.75) is 24.2 Å². The summed E-state index contributed by atoms with van der Waals surface area (Å²) in [5.74, 6) is -1.34. The Morgan fingerprint density at radius 3 is 2.35 bits per heavy atom. The minimum Gasteiger partial charge on any atom is -0.481 e. The van der Waals surface area contributed by atoms with Crippen LogP contribution in [0, 0.1) is 11.3 Å². The molecule has 1 N–H and O–H groups in total. The first-order chi connectivity index (χ1) is 10.7. The van der Waals surface area contributed by atoms with Gasteiger partial charge in [0, 0.05) is 19.3 Å². The highest BCUT2D eigenvalue weighted by atomic mass is 32.2. The number of carboxylic acids is 1. The number of carbonyl (C=O) groups is 2. The van der Waals surface area contributed by atoms with Gasteiger partial charge in [0.2, 0.25) is 0 Å². The Morgan fingerprint density at radius 2 is 1.83 bits per heavy atom. The molecule has 0 bridgehead atoms. The molecule has 1 unspecified atom stereocenters. The van der Waals surface area contributed by atoms with Crippen LogP contribution < -0.4 is 0 Å². The van der Waals surface area contributed by atoms with Gasteiger partial charge in [0.05, 0.1) is 16.4 Å². The number of rotatable bonds is 3. The van der Waals surface area contributed by atoms with E-state index < -0.39 is 15.8 Å². The molecule has 124 valence electrons. The fourth-order valence-electron chi connectivity index (χ4n) is 3.54. The topological polar surface area (TPSA) is 91.8 Å². The molecule has 6 nitrogen and oxygen atoms in total. The van der Waals surface area contributed by atoms with Crippen LogP contribution in [0.2, 0.25) is 0 Å². The van der Waals surface area contributed by atoms with Crippen LogP contribution in [-0.4, -0.2) is 49.6 Å². The van der Waals surface area contributed by atoms with Crippen LogP contribution in [0.4, 0.5) is 0 Å². The Kier molecular flexibility index (Phi) is 3.71. The molecule has 3 rings (SSSR count). The molecule has 1 saturated carbocycles. The SMILES string of the molecule is CS(=O)(=O)c1ccccc1C(=O)N1CCC2(CC1)CC2C(=O)O. The molecule has 1 heterocycles. The average Bonchev–Trinajstić information content (AvgIpc) is 3.20. The molecule has 1 amide bonds. The number of carbonyl (C=O) groups excluding carboxylic acids is 1. The first-order valence-electron chi connectivity index (χ1n) is 7.56. The van der Waals surface area contributed by atoms with Crippen LogP contribution in [0.1, 0.15) is 29.6 Å². The smallest absolute Gasteiger partial charge is 0.307 e. The molecule has 1 aliphatic heterocycles. The second-order valence-corrected chi connectivity index (χ2v) is 8.50. The van der Waals surface area contributed by atoms with E-state index in [1.165, 1.54) is 12.1 Å². The molecule has 0 aromatic heterocycles. The van der Waals surface area contributed by atoms with Crippen molar-refractivity contribution in [2.75, 3.05) is 19.3 Å². The summed E-state index contributed by atoms with van der Waals surface area (Å²) in [7, 11) is -3.47. The van der Waals surface area contributed by atoms with E-state index in [-0.39, 0.29) is 27.7 Å². The fourth-order valence-corrected chi connectivity index (χ4v) is 4.42. The lowest BCUT2D eigenvalue weighted by Crippen LogP contribution is -2.40. The van der Waals surface area contributed by atoms with Crippen molar-refractivity contribution in [3.63, 3.8) is 0 Å². The highest BCUT2D eigenvalue weighted by Gasteiger charge is 2.59. The standard InChI is InChI=1S/C16H19NO5S/c1-23(21,22)13-5-3-2-4-11(13)14(18)17-8-6-16(7-9-17)10-12(16)15(19)20/h2-5,12H,6-10H2,1H3,(H,19,20). The zero-order valence-electron chi connectivity index (χ0n) is 12.9. The van der Waals surface area contributed by atoms with Crippen molar-refractivity contribution < 1.29 is 23.1 Å². The van der Waals surface area contributed by atoms with Crippen LogP contribution in [-0.2, 0) is 14.6 Å². The van der Waals surface area contributed by atoms with Crippen LogP contribution in [0.5, 0.6) is 0 Å². The Balaban J connectivity index is 1.76. The van der Waals surface area contributed by atoms with Gasteiger partial charge in [-0.25, -0.2) is 8.42 Å². The van der Waals surface area contributed by atoms with Gasteiger partial charge in [-0.3, -0.25) is 9.59 Å². The van der Waals surface area contributed by atoms with E-state index in [1.54, 1.807) is 17.0 Å². The molecule has 2 aliphatic rings. The number of benzene rings is 1. The molecule has 0 radical (unpaired) electrons. The zero-order valence-corrected chi connectivity index (χ0v) is 13.7. The molecular weight excluding hydrogens is 318 g/mol. The number of likely N-dealkylation sites (tertiary alicyclic amines) is 1. The van der Waals surface area contributed by atoms with Crippen molar-refractivity contribution in [3.8, 4) is 0 Å². The number of nitrogens with zero attached hydrogens (tertiary/aromatic N) is 1. The molecule has 2 fully saturated rings. The Bertz CT molecular complexity index is 762. The van der Waals surface area contributed by atoms with Gasteiger partial charge < -0.3 is 10.0 Å². The van der Waals surface area contributed by atoms with E-state index in [9.17, 15) is 18.0 Å². The molecule has 1 spiro atoms. The lowest BCUT2D eigenvalue weighted by atomic mass is 9.90. The van der Waals surface area contributed by atoms with Crippen LogP contribution in [0.25, 0.3) is 0 Å². The molecular formula is C16H19NO5S. The third kappa shape index (κ3) is 2.85. The summed E-state index contributed by atoms with van der Waals surface area (Å²) in [5.41, 5.74) is 0.0374. The summed E-state index contributed by atoms with van der Waals surface area (Å²) in [6.07, 6.45) is 3.10. The highest BCUT2D eigenvalue weighted by molar-refractivity contribution is 7.90. The summed E-state index contributed by atoms with van der Waals surface area (Å²) < 4.78 is 23.7. The number of amides is 1. The molecule has 23 heavy (non-hydrogen) atoms. The maximum atomic E-state index is 12.7. The van der Waals surface area contributed by atoms with Crippen molar-refractivity contribution in [1.29, 1.82) is 0 Å². The Morgan fingerprint density at radius 1 is 1.22 bits per heavy atom.